The lowest BCUT2D eigenvalue weighted by Crippen LogP contribution is -2.29. The molecule has 0 saturated heterocycles. The highest BCUT2D eigenvalue weighted by atomic mass is 35.5. The van der Waals surface area contributed by atoms with Crippen molar-refractivity contribution in [2.45, 2.75) is 19.5 Å². The molecule has 0 N–H and O–H groups in total. The highest BCUT2D eigenvalue weighted by molar-refractivity contribution is 6.30. The molecule has 0 aliphatic carbocycles. The van der Waals surface area contributed by atoms with Crippen LogP contribution in [-0.2, 0) is 6.54 Å². The second-order valence-corrected chi connectivity index (χ2v) is 6.86. The van der Waals surface area contributed by atoms with Gasteiger partial charge in [0.25, 0.3) is 0 Å². The minimum atomic E-state index is -0.0397. The van der Waals surface area contributed by atoms with Gasteiger partial charge in [-0.2, -0.15) is 0 Å². The van der Waals surface area contributed by atoms with Crippen molar-refractivity contribution in [2.24, 2.45) is 0 Å². The van der Waals surface area contributed by atoms with E-state index in [1.165, 1.54) is 0 Å². The van der Waals surface area contributed by atoms with Crippen molar-refractivity contribution in [1.29, 1.82) is 0 Å². The molecule has 2 heterocycles. The van der Waals surface area contributed by atoms with Gasteiger partial charge in [-0.25, -0.2) is 0 Å². The van der Waals surface area contributed by atoms with E-state index in [0.717, 1.165) is 35.7 Å². The Morgan fingerprint density at radius 2 is 2.07 bits per heavy atom. The fourth-order valence-corrected chi connectivity index (χ4v) is 3.32. The molecule has 4 rings (SSSR count). The Morgan fingerprint density at radius 3 is 2.89 bits per heavy atom. The van der Waals surface area contributed by atoms with E-state index in [9.17, 15) is 0 Å². The van der Waals surface area contributed by atoms with Gasteiger partial charge in [-0.1, -0.05) is 23.7 Å². The van der Waals surface area contributed by atoms with Crippen molar-refractivity contribution in [3.05, 3.63) is 58.9 Å². The maximum atomic E-state index is 6.05. The fraction of sp³-hybridized carbons (Fsp3) is 0.300. The zero-order chi connectivity index (χ0) is 18.8. The average molecular weight is 386 g/mol. The SMILES string of the molecule is COc1ccc2c(c1)OCCN(C(C)c1nnc(-c3cccc(Cl)c3)o1)C2. The third-order valence-electron chi connectivity index (χ3n) is 4.70. The van der Waals surface area contributed by atoms with Crippen LogP contribution in [0.2, 0.25) is 5.02 Å². The van der Waals surface area contributed by atoms with Crippen LogP contribution >= 0.6 is 11.6 Å². The topological polar surface area (TPSA) is 60.6 Å². The number of hydrogen-bond donors (Lipinski definition) is 0. The smallest absolute Gasteiger partial charge is 0.247 e. The van der Waals surface area contributed by atoms with Crippen molar-refractivity contribution >= 4 is 11.6 Å². The van der Waals surface area contributed by atoms with E-state index in [0.29, 0.717) is 23.4 Å². The molecule has 3 aromatic rings. The summed E-state index contributed by atoms with van der Waals surface area (Å²) in [6.45, 7) is 4.13. The quantitative estimate of drug-likeness (QED) is 0.665. The Balaban J connectivity index is 1.55. The lowest BCUT2D eigenvalue weighted by atomic mass is 10.1. The van der Waals surface area contributed by atoms with E-state index >= 15 is 0 Å². The number of ether oxygens (including phenoxy) is 2. The van der Waals surface area contributed by atoms with Gasteiger partial charge < -0.3 is 13.9 Å². The van der Waals surface area contributed by atoms with Crippen molar-refractivity contribution in [2.75, 3.05) is 20.3 Å². The van der Waals surface area contributed by atoms with Crippen LogP contribution in [0.3, 0.4) is 0 Å². The summed E-state index contributed by atoms with van der Waals surface area (Å²) in [5.74, 6) is 2.69. The second-order valence-electron chi connectivity index (χ2n) is 6.42. The molecule has 140 valence electrons. The molecule has 1 aliphatic heterocycles. The lowest BCUT2D eigenvalue weighted by molar-refractivity contribution is 0.159. The summed E-state index contributed by atoms with van der Waals surface area (Å²) in [6, 6.07) is 13.3. The molecule has 1 atom stereocenters. The molecule has 0 fully saturated rings. The Labute approximate surface area is 162 Å². The summed E-state index contributed by atoms with van der Waals surface area (Å²) in [4.78, 5) is 2.26. The molecule has 0 bridgehead atoms. The van der Waals surface area contributed by atoms with Gasteiger partial charge >= 0.3 is 0 Å². The molecule has 27 heavy (non-hydrogen) atoms. The van der Waals surface area contributed by atoms with E-state index in [-0.39, 0.29) is 6.04 Å². The fourth-order valence-electron chi connectivity index (χ4n) is 3.13. The van der Waals surface area contributed by atoms with Crippen LogP contribution in [0.25, 0.3) is 11.5 Å². The standard InChI is InChI=1S/C20H20ClN3O3/c1-13(19-22-23-20(27-19)14-4-3-5-16(21)10-14)24-8-9-26-18-11-17(25-2)7-6-15(18)12-24/h3-7,10-11,13H,8-9,12H2,1-2H3. The number of aromatic nitrogens is 2. The predicted octanol–water partition coefficient (Wildman–Crippen LogP) is 4.35. The summed E-state index contributed by atoms with van der Waals surface area (Å²) < 4.78 is 17.1. The number of rotatable bonds is 4. The Morgan fingerprint density at radius 1 is 1.19 bits per heavy atom. The molecular weight excluding hydrogens is 366 g/mol. The third-order valence-corrected chi connectivity index (χ3v) is 4.94. The van der Waals surface area contributed by atoms with Crippen LogP contribution in [0.5, 0.6) is 11.5 Å². The van der Waals surface area contributed by atoms with E-state index in [4.69, 9.17) is 25.5 Å². The van der Waals surface area contributed by atoms with Gasteiger partial charge in [0.1, 0.15) is 18.1 Å². The zero-order valence-corrected chi connectivity index (χ0v) is 15.9. The van der Waals surface area contributed by atoms with Gasteiger partial charge in [-0.05, 0) is 31.2 Å². The molecule has 2 aromatic carbocycles. The molecule has 0 spiro atoms. The predicted molar refractivity (Wildman–Crippen MR) is 102 cm³/mol. The van der Waals surface area contributed by atoms with E-state index in [2.05, 4.69) is 22.0 Å². The molecule has 6 nitrogen and oxygen atoms in total. The average Bonchev–Trinajstić information content (AvgIpc) is 3.08. The molecule has 0 radical (unpaired) electrons. The first-order chi connectivity index (χ1) is 13.1. The number of fused-ring (bicyclic) bond motifs is 1. The van der Waals surface area contributed by atoms with Crippen LogP contribution in [0, 0.1) is 0 Å². The summed E-state index contributed by atoms with van der Waals surface area (Å²) in [5, 5.41) is 9.07. The van der Waals surface area contributed by atoms with Crippen LogP contribution in [0.4, 0.5) is 0 Å². The first-order valence-corrected chi connectivity index (χ1v) is 9.15. The maximum absolute atomic E-state index is 6.05. The highest BCUT2D eigenvalue weighted by Crippen LogP contribution is 2.32. The van der Waals surface area contributed by atoms with Crippen LogP contribution in [-0.4, -0.2) is 35.4 Å². The normalized spacial score (nSPS) is 15.5. The summed E-state index contributed by atoms with van der Waals surface area (Å²) in [5.41, 5.74) is 1.92. The van der Waals surface area contributed by atoms with Crippen molar-refractivity contribution in [1.82, 2.24) is 15.1 Å². The number of halogens is 1. The Kier molecular flexibility index (Phi) is 5.01. The summed E-state index contributed by atoms with van der Waals surface area (Å²) in [7, 11) is 1.65. The van der Waals surface area contributed by atoms with Gasteiger partial charge in [-0.15, -0.1) is 10.2 Å². The Bertz CT molecular complexity index is 944. The third kappa shape index (κ3) is 3.77. The van der Waals surface area contributed by atoms with Gasteiger partial charge in [0.05, 0.1) is 13.2 Å². The van der Waals surface area contributed by atoms with Gasteiger partial charge in [0.15, 0.2) is 0 Å². The molecular formula is C20H20ClN3O3. The molecule has 1 aromatic heterocycles. The Hall–Kier alpha value is -2.57. The van der Waals surface area contributed by atoms with Crippen LogP contribution < -0.4 is 9.47 Å². The first-order valence-electron chi connectivity index (χ1n) is 8.77. The number of methoxy groups -OCH3 is 1. The molecule has 1 unspecified atom stereocenters. The summed E-state index contributed by atoms with van der Waals surface area (Å²) >= 11 is 6.05. The van der Waals surface area contributed by atoms with Gasteiger partial charge in [0, 0.05) is 35.3 Å². The molecule has 0 amide bonds. The number of nitrogens with zero attached hydrogens (tertiary/aromatic N) is 3. The molecule has 1 aliphatic rings. The van der Waals surface area contributed by atoms with Crippen molar-refractivity contribution < 1.29 is 13.9 Å². The monoisotopic (exact) mass is 385 g/mol. The minimum absolute atomic E-state index is 0.0397. The van der Waals surface area contributed by atoms with Crippen molar-refractivity contribution in [3.63, 3.8) is 0 Å². The maximum Gasteiger partial charge on any atom is 0.247 e. The van der Waals surface area contributed by atoms with Gasteiger partial charge in [-0.3, -0.25) is 4.90 Å². The van der Waals surface area contributed by atoms with Crippen LogP contribution in [0.15, 0.2) is 46.9 Å². The summed E-state index contributed by atoms with van der Waals surface area (Å²) in [6.07, 6.45) is 0. The number of benzene rings is 2. The molecule has 7 heteroatoms. The van der Waals surface area contributed by atoms with Gasteiger partial charge in [0.2, 0.25) is 11.8 Å². The van der Waals surface area contributed by atoms with E-state index < -0.39 is 0 Å². The van der Waals surface area contributed by atoms with Crippen LogP contribution in [0.1, 0.15) is 24.4 Å². The van der Waals surface area contributed by atoms with Crippen molar-refractivity contribution in [3.8, 4) is 23.0 Å². The first kappa shape index (κ1) is 17.8. The number of hydrogen-bond acceptors (Lipinski definition) is 6. The minimum Gasteiger partial charge on any atom is -0.497 e. The second kappa shape index (κ2) is 7.58. The lowest BCUT2D eigenvalue weighted by Gasteiger charge is -2.24. The molecule has 0 saturated carbocycles. The van der Waals surface area contributed by atoms with E-state index in [1.807, 2.05) is 42.5 Å². The highest BCUT2D eigenvalue weighted by Gasteiger charge is 2.25. The largest absolute Gasteiger partial charge is 0.497 e. The zero-order valence-electron chi connectivity index (χ0n) is 15.2. The van der Waals surface area contributed by atoms with E-state index in [1.54, 1.807) is 7.11 Å².